The van der Waals surface area contributed by atoms with Gasteiger partial charge in [-0.15, -0.1) is 12.4 Å². The van der Waals surface area contributed by atoms with Crippen molar-refractivity contribution in [2.45, 2.75) is 24.9 Å². The van der Waals surface area contributed by atoms with Crippen molar-refractivity contribution in [2.75, 3.05) is 38.1 Å². The summed E-state index contributed by atoms with van der Waals surface area (Å²) in [6, 6.07) is 13.4. The highest BCUT2D eigenvalue weighted by molar-refractivity contribution is 7.89. The maximum absolute atomic E-state index is 13.1. The summed E-state index contributed by atoms with van der Waals surface area (Å²) >= 11 is 0. The third-order valence-corrected chi connectivity index (χ3v) is 7.19. The predicted molar refractivity (Wildman–Crippen MR) is 111 cm³/mol. The van der Waals surface area contributed by atoms with E-state index in [0.29, 0.717) is 18.0 Å². The number of hydrogen-bond acceptors (Lipinski definition) is 4. The molecule has 0 spiro atoms. The highest BCUT2D eigenvalue weighted by atomic mass is 35.5. The van der Waals surface area contributed by atoms with Crippen molar-refractivity contribution < 1.29 is 8.42 Å². The van der Waals surface area contributed by atoms with Gasteiger partial charge in [0.15, 0.2) is 0 Å². The van der Waals surface area contributed by atoms with E-state index in [1.165, 1.54) is 5.69 Å². The van der Waals surface area contributed by atoms with Crippen molar-refractivity contribution in [1.82, 2.24) is 9.21 Å². The molecule has 0 amide bonds. The molecule has 2 aromatic carbocycles. The Morgan fingerprint density at radius 1 is 0.926 bits per heavy atom. The number of sulfonamides is 1. The molecule has 5 nitrogen and oxygen atoms in total. The standard InChI is InChI=1S/C20H25N3O2S.ClH/c1-16-5-3-7-18(13-16)26(24,25)23-14-17-6-4-8-20(19(17)15-23)22-11-9-21(2)10-12-22;/h3-8,13H,9-12,14-15H2,1-2H3;1H. The fourth-order valence-corrected chi connectivity index (χ4v) is 5.30. The fraction of sp³-hybridized carbons (Fsp3) is 0.400. The number of hydrogen-bond donors (Lipinski definition) is 0. The van der Waals surface area contributed by atoms with Gasteiger partial charge in [0, 0.05) is 45.0 Å². The molecular weight excluding hydrogens is 382 g/mol. The lowest BCUT2D eigenvalue weighted by atomic mass is 10.1. The average Bonchev–Trinajstić information content (AvgIpc) is 3.07. The Morgan fingerprint density at radius 3 is 2.33 bits per heavy atom. The number of nitrogens with zero attached hydrogens (tertiary/aromatic N) is 3. The van der Waals surface area contributed by atoms with E-state index in [0.717, 1.165) is 42.9 Å². The molecule has 0 aliphatic carbocycles. The van der Waals surface area contributed by atoms with Gasteiger partial charge in [0.2, 0.25) is 10.0 Å². The van der Waals surface area contributed by atoms with Crippen LogP contribution in [0.25, 0.3) is 0 Å². The lowest BCUT2D eigenvalue weighted by molar-refractivity contribution is 0.312. The summed E-state index contributed by atoms with van der Waals surface area (Å²) in [6.07, 6.45) is 0. The van der Waals surface area contributed by atoms with E-state index in [4.69, 9.17) is 0 Å². The predicted octanol–water partition coefficient (Wildman–Crippen LogP) is 2.87. The Morgan fingerprint density at radius 2 is 1.63 bits per heavy atom. The van der Waals surface area contributed by atoms with Gasteiger partial charge in [-0.1, -0.05) is 24.3 Å². The summed E-state index contributed by atoms with van der Waals surface area (Å²) < 4.78 is 27.8. The van der Waals surface area contributed by atoms with E-state index in [2.05, 4.69) is 35.0 Å². The summed E-state index contributed by atoms with van der Waals surface area (Å²) in [5.74, 6) is 0. The molecule has 0 bridgehead atoms. The zero-order valence-electron chi connectivity index (χ0n) is 15.8. The highest BCUT2D eigenvalue weighted by Crippen LogP contribution is 2.35. The van der Waals surface area contributed by atoms with Gasteiger partial charge in [-0.05, 0) is 48.9 Å². The van der Waals surface area contributed by atoms with E-state index in [1.807, 2.05) is 13.0 Å². The van der Waals surface area contributed by atoms with Crippen molar-refractivity contribution in [3.8, 4) is 0 Å². The molecule has 27 heavy (non-hydrogen) atoms. The maximum atomic E-state index is 13.1. The third-order valence-electron chi connectivity index (χ3n) is 5.40. The second-order valence-corrected chi connectivity index (χ2v) is 9.23. The first kappa shape index (κ1) is 20.1. The van der Waals surface area contributed by atoms with E-state index in [9.17, 15) is 8.42 Å². The van der Waals surface area contributed by atoms with Crippen LogP contribution in [0.15, 0.2) is 47.4 Å². The van der Waals surface area contributed by atoms with Crippen LogP contribution in [-0.2, 0) is 23.1 Å². The normalized spacial score (nSPS) is 18.2. The number of fused-ring (bicyclic) bond motifs is 1. The molecule has 0 atom stereocenters. The Hall–Kier alpha value is -1.60. The van der Waals surface area contributed by atoms with Gasteiger partial charge in [0.1, 0.15) is 0 Å². The van der Waals surface area contributed by atoms with Crippen LogP contribution in [0.5, 0.6) is 0 Å². The monoisotopic (exact) mass is 407 g/mol. The van der Waals surface area contributed by atoms with Gasteiger partial charge in [-0.25, -0.2) is 8.42 Å². The molecule has 1 fully saturated rings. The molecule has 146 valence electrons. The molecule has 0 aromatic heterocycles. The van der Waals surface area contributed by atoms with Crippen LogP contribution in [0, 0.1) is 6.92 Å². The second kappa shape index (κ2) is 7.80. The molecule has 7 heteroatoms. The van der Waals surface area contributed by atoms with Crippen LogP contribution < -0.4 is 4.90 Å². The summed E-state index contributed by atoms with van der Waals surface area (Å²) in [5, 5.41) is 0. The average molecular weight is 408 g/mol. The number of aryl methyl sites for hydroxylation is 1. The fourth-order valence-electron chi connectivity index (χ4n) is 3.81. The zero-order valence-corrected chi connectivity index (χ0v) is 17.4. The van der Waals surface area contributed by atoms with Crippen molar-refractivity contribution in [3.05, 3.63) is 59.2 Å². The lowest BCUT2D eigenvalue weighted by Crippen LogP contribution is -2.44. The van der Waals surface area contributed by atoms with Crippen LogP contribution in [0.2, 0.25) is 0 Å². The molecular formula is C20H26ClN3O2S. The van der Waals surface area contributed by atoms with Crippen molar-refractivity contribution >= 4 is 28.1 Å². The first-order chi connectivity index (χ1) is 12.4. The largest absolute Gasteiger partial charge is 0.369 e. The topological polar surface area (TPSA) is 43.9 Å². The van der Waals surface area contributed by atoms with Crippen LogP contribution in [-0.4, -0.2) is 50.8 Å². The molecule has 1 saturated heterocycles. The zero-order chi connectivity index (χ0) is 18.3. The summed E-state index contributed by atoms with van der Waals surface area (Å²) in [5.41, 5.74) is 4.43. The molecule has 2 aromatic rings. The minimum Gasteiger partial charge on any atom is -0.369 e. The Kier molecular flexibility index (Phi) is 5.82. The number of halogens is 1. The molecule has 0 radical (unpaired) electrons. The van der Waals surface area contributed by atoms with Crippen molar-refractivity contribution in [3.63, 3.8) is 0 Å². The molecule has 4 rings (SSSR count). The number of benzene rings is 2. The van der Waals surface area contributed by atoms with E-state index in [-0.39, 0.29) is 12.4 Å². The third kappa shape index (κ3) is 3.85. The number of piperazine rings is 1. The van der Waals surface area contributed by atoms with Gasteiger partial charge in [0.05, 0.1) is 4.90 Å². The van der Waals surface area contributed by atoms with Gasteiger partial charge < -0.3 is 9.80 Å². The molecule has 0 saturated carbocycles. The quantitative estimate of drug-likeness (QED) is 0.784. The van der Waals surface area contributed by atoms with Gasteiger partial charge in [0.25, 0.3) is 0 Å². The molecule has 2 aliphatic rings. The van der Waals surface area contributed by atoms with Crippen LogP contribution in [0.3, 0.4) is 0 Å². The Labute approximate surface area is 168 Å². The Balaban J connectivity index is 0.00000210. The van der Waals surface area contributed by atoms with Gasteiger partial charge in [-0.2, -0.15) is 4.31 Å². The molecule has 0 unspecified atom stereocenters. The van der Waals surface area contributed by atoms with Crippen LogP contribution in [0.4, 0.5) is 5.69 Å². The number of rotatable bonds is 3. The van der Waals surface area contributed by atoms with Gasteiger partial charge >= 0.3 is 0 Å². The lowest BCUT2D eigenvalue weighted by Gasteiger charge is -2.35. The highest BCUT2D eigenvalue weighted by Gasteiger charge is 2.33. The number of likely N-dealkylation sites (N-methyl/N-ethyl adjacent to an activating group) is 1. The smallest absolute Gasteiger partial charge is 0.243 e. The molecule has 0 N–H and O–H groups in total. The van der Waals surface area contributed by atoms with Gasteiger partial charge in [-0.3, -0.25) is 0 Å². The second-order valence-electron chi connectivity index (χ2n) is 7.29. The van der Waals surface area contributed by atoms with E-state index >= 15 is 0 Å². The van der Waals surface area contributed by atoms with Crippen molar-refractivity contribution in [2.24, 2.45) is 0 Å². The number of anilines is 1. The minimum atomic E-state index is -3.48. The first-order valence-corrected chi connectivity index (χ1v) is 10.5. The Bertz CT molecular complexity index is 925. The van der Waals surface area contributed by atoms with Crippen LogP contribution >= 0.6 is 12.4 Å². The summed E-state index contributed by atoms with van der Waals surface area (Å²) in [4.78, 5) is 5.10. The SMILES string of the molecule is Cc1cccc(S(=O)(=O)N2Cc3cccc(N4CCN(C)CC4)c3C2)c1.Cl. The first-order valence-electron chi connectivity index (χ1n) is 9.06. The van der Waals surface area contributed by atoms with E-state index in [1.54, 1.807) is 22.5 Å². The summed E-state index contributed by atoms with van der Waals surface area (Å²) in [6.45, 7) is 6.86. The van der Waals surface area contributed by atoms with Crippen molar-refractivity contribution in [1.29, 1.82) is 0 Å². The molecule has 2 heterocycles. The minimum absolute atomic E-state index is 0. The summed E-state index contributed by atoms with van der Waals surface area (Å²) in [7, 11) is -1.34. The maximum Gasteiger partial charge on any atom is 0.243 e. The van der Waals surface area contributed by atoms with E-state index < -0.39 is 10.0 Å². The molecule has 2 aliphatic heterocycles. The van der Waals surface area contributed by atoms with Crippen LogP contribution in [0.1, 0.15) is 16.7 Å².